The van der Waals surface area contributed by atoms with Crippen LogP contribution in [0.4, 0.5) is 8.78 Å². The molecule has 0 bridgehead atoms. The summed E-state index contributed by atoms with van der Waals surface area (Å²) in [5.41, 5.74) is 4.16. The maximum absolute atomic E-state index is 14.2. The van der Waals surface area contributed by atoms with E-state index in [2.05, 4.69) is 36.8 Å². The lowest BCUT2D eigenvalue weighted by atomic mass is 9.98. The molecule has 0 saturated carbocycles. The summed E-state index contributed by atoms with van der Waals surface area (Å²) in [7, 11) is 0. The van der Waals surface area contributed by atoms with Crippen molar-refractivity contribution < 1.29 is 8.78 Å². The van der Waals surface area contributed by atoms with E-state index in [0.29, 0.717) is 31.0 Å². The molecule has 1 N–H and O–H groups in total. The minimum Gasteiger partial charge on any atom is -0.245 e. The monoisotopic (exact) mass is 451 g/mol. The highest BCUT2D eigenvalue weighted by molar-refractivity contribution is 5.60. The minimum absolute atomic E-state index is 0.290. The van der Waals surface area contributed by atoms with Gasteiger partial charge in [0.1, 0.15) is 5.82 Å². The first kappa shape index (κ1) is 22.7. The van der Waals surface area contributed by atoms with Crippen molar-refractivity contribution in [1.82, 2.24) is 35.4 Å². The van der Waals surface area contributed by atoms with E-state index in [4.69, 9.17) is 0 Å². The molecule has 33 heavy (non-hydrogen) atoms. The summed E-state index contributed by atoms with van der Waals surface area (Å²) in [5.74, 6) is -1.90. The maximum Gasteiger partial charge on any atom is 0.308 e. The number of halogens is 2. The van der Waals surface area contributed by atoms with Crippen LogP contribution in [-0.2, 0) is 25.3 Å². The lowest BCUT2D eigenvalue weighted by Crippen LogP contribution is -2.14. The van der Waals surface area contributed by atoms with E-state index >= 15 is 0 Å². The first-order chi connectivity index (χ1) is 15.9. The molecule has 0 aliphatic heterocycles. The Kier molecular flexibility index (Phi) is 6.57. The summed E-state index contributed by atoms with van der Waals surface area (Å²) in [5, 5.41) is 18.3. The average Bonchev–Trinajstić information content (AvgIpc) is 3.46. The Bertz CT molecular complexity index is 1180. The molecular weight excluding hydrogens is 424 g/mol. The third-order valence-corrected chi connectivity index (χ3v) is 5.48. The molecule has 0 atom stereocenters. The van der Waals surface area contributed by atoms with Crippen LogP contribution in [0.2, 0.25) is 0 Å². The van der Waals surface area contributed by atoms with Crippen molar-refractivity contribution >= 4 is 0 Å². The zero-order valence-electron chi connectivity index (χ0n) is 19.0. The smallest absolute Gasteiger partial charge is 0.245 e. The van der Waals surface area contributed by atoms with E-state index in [1.807, 2.05) is 56.3 Å². The number of hydrogen-bond donors (Lipinski definition) is 1. The van der Waals surface area contributed by atoms with Crippen LogP contribution in [0.5, 0.6) is 0 Å². The first-order valence-corrected chi connectivity index (χ1v) is 11.1. The minimum atomic E-state index is -3.02. The van der Waals surface area contributed by atoms with Gasteiger partial charge in [-0.15, -0.1) is 10.2 Å². The largest absolute Gasteiger partial charge is 0.308 e. The van der Waals surface area contributed by atoms with Crippen molar-refractivity contribution in [2.24, 2.45) is 5.92 Å². The molecule has 0 aliphatic carbocycles. The Balaban J connectivity index is 1.53. The van der Waals surface area contributed by atoms with Gasteiger partial charge in [-0.2, -0.15) is 8.78 Å². The fraction of sp³-hybridized carbons (Fsp3) is 0.375. The van der Waals surface area contributed by atoms with Crippen LogP contribution < -0.4 is 0 Å². The van der Waals surface area contributed by atoms with Gasteiger partial charge in [0, 0.05) is 18.4 Å². The molecule has 4 rings (SSSR count). The second kappa shape index (κ2) is 9.56. The first-order valence-electron chi connectivity index (χ1n) is 11.1. The van der Waals surface area contributed by atoms with Gasteiger partial charge in [0.25, 0.3) is 0 Å². The van der Waals surface area contributed by atoms with Crippen LogP contribution >= 0.6 is 0 Å². The second-order valence-electron chi connectivity index (χ2n) is 8.57. The molecule has 0 radical (unpaired) electrons. The van der Waals surface area contributed by atoms with Gasteiger partial charge in [0.15, 0.2) is 5.82 Å². The molecule has 0 aliphatic rings. The zero-order valence-corrected chi connectivity index (χ0v) is 19.0. The van der Waals surface area contributed by atoms with Crippen molar-refractivity contribution in [2.75, 3.05) is 0 Å². The number of tetrazole rings is 1. The molecule has 2 heterocycles. The number of rotatable bonds is 9. The Morgan fingerprint density at radius 1 is 1.03 bits per heavy atom. The van der Waals surface area contributed by atoms with E-state index in [1.165, 1.54) is 6.92 Å². The van der Waals surface area contributed by atoms with Crippen molar-refractivity contribution in [1.29, 1.82) is 0 Å². The summed E-state index contributed by atoms with van der Waals surface area (Å²) < 4.78 is 30.0. The number of nitrogens with zero attached hydrogens (tertiary/aromatic N) is 6. The Morgan fingerprint density at radius 2 is 1.76 bits per heavy atom. The number of aromatic amines is 1. The molecule has 172 valence electrons. The number of aromatic nitrogens is 7. The third-order valence-electron chi connectivity index (χ3n) is 5.48. The number of hydrogen-bond acceptors (Lipinski definition) is 5. The highest BCUT2D eigenvalue weighted by Gasteiger charge is 2.35. The van der Waals surface area contributed by atoms with Crippen LogP contribution in [-0.4, -0.2) is 35.4 Å². The lowest BCUT2D eigenvalue weighted by Gasteiger charge is -2.10. The molecule has 0 fully saturated rings. The number of H-pyrrole nitrogens is 1. The normalized spacial score (nSPS) is 11.9. The van der Waals surface area contributed by atoms with E-state index < -0.39 is 11.7 Å². The van der Waals surface area contributed by atoms with Crippen LogP contribution in [0, 0.1) is 5.92 Å². The van der Waals surface area contributed by atoms with Crippen molar-refractivity contribution in [3.8, 4) is 11.4 Å². The van der Waals surface area contributed by atoms with Crippen molar-refractivity contribution in [3.63, 3.8) is 0 Å². The van der Waals surface area contributed by atoms with Gasteiger partial charge >= 0.3 is 5.92 Å². The fourth-order valence-corrected chi connectivity index (χ4v) is 3.66. The fourth-order valence-electron chi connectivity index (χ4n) is 3.66. The molecule has 0 saturated heterocycles. The van der Waals surface area contributed by atoms with Crippen LogP contribution in [0.15, 0.2) is 48.5 Å². The van der Waals surface area contributed by atoms with E-state index in [0.717, 1.165) is 22.3 Å². The summed E-state index contributed by atoms with van der Waals surface area (Å²) >= 11 is 0. The van der Waals surface area contributed by atoms with Crippen LogP contribution in [0.25, 0.3) is 11.4 Å². The van der Waals surface area contributed by atoms with Gasteiger partial charge in [0.2, 0.25) is 5.82 Å². The summed E-state index contributed by atoms with van der Waals surface area (Å²) in [4.78, 5) is 4.18. The Labute approximate surface area is 191 Å². The number of nitrogens with one attached hydrogen (secondary N) is 1. The van der Waals surface area contributed by atoms with Crippen molar-refractivity contribution in [2.45, 2.75) is 52.5 Å². The summed E-state index contributed by atoms with van der Waals surface area (Å²) in [6.45, 7) is 5.92. The number of benzene rings is 2. The number of alkyl halides is 2. The molecular formula is C24H27F2N7. The highest BCUT2D eigenvalue weighted by Crippen LogP contribution is 2.29. The molecule has 4 aromatic rings. The maximum atomic E-state index is 14.2. The Hall–Kier alpha value is -3.49. The standard InChI is InChI=1S/C24H27F2N7/c1-4-24(25,26)23-27-21(13-16(2)3)33(30-23)15-18-11-9-17(10-12-18)14-19-7-5-6-8-20(19)22-28-31-32-29-22/h5-12,16H,4,13-15H2,1-3H3,(H,28,29,31,32). The molecule has 0 spiro atoms. The van der Waals surface area contributed by atoms with Crippen LogP contribution in [0.3, 0.4) is 0 Å². The van der Waals surface area contributed by atoms with Gasteiger partial charge < -0.3 is 0 Å². The topological polar surface area (TPSA) is 85.2 Å². The quantitative estimate of drug-likeness (QED) is 0.395. The van der Waals surface area contributed by atoms with E-state index in [1.54, 1.807) is 4.68 Å². The zero-order chi connectivity index (χ0) is 23.4. The Morgan fingerprint density at radius 3 is 2.42 bits per heavy atom. The lowest BCUT2D eigenvalue weighted by molar-refractivity contribution is -0.0177. The molecule has 9 heteroatoms. The van der Waals surface area contributed by atoms with E-state index in [9.17, 15) is 8.78 Å². The van der Waals surface area contributed by atoms with Gasteiger partial charge in [-0.05, 0) is 39.5 Å². The van der Waals surface area contributed by atoms with Gasteiger partial charge in [0.05, 0.1) is 6.54 Å². The predicted molar refractivity (Wildman–Crippen MR) is 121 cm³/mol. The summed E-state index contributed by atoms with van der Waals surface area (Å²) in [6, 6.07) is 16.1. The molecule has 2 aromatic carbocycles. The predicted octanol–water partition coefficient (Wildman–Crippen LogP) is 4.80. The highest BCUT2D eigenvalue weighted by atomic mass is 19.3. The van der Waals surface area contributed by atoms with Gasteiger partial charge in [-0.3, -0.25) is 0 Å². The van der Waals surface area contributed by atoms with Crippen LogP contribution in [0.1, 0.15) is 55.5 Å². The van der Waals surface area contributed by atoms with E-state index in [-0.39, 0.29) is 12.3 Å². The average molecular weight is 452 g/mol. The molecule has 0 amide bonds. The molecule has 7 nitrogen and oxygen atoms in total. The second-order valence-corrected chi connectivity index (χ2v) is 8.57. The van der Waals surface area contributed by atoms with Gasteiger partial charge in [-0.25, -0.2) is 14.8 Å². The third kappa shape index (κ3) is 5.30. The summed E-state index contributed by atoms with van der Waals surface area (Å²) in [6.07, 6.45) is 0.989. The van der Waals surface area contributed by atoms with Gasteiger partial charge in [-0.1, -0.05) is 69.3 Å². The molecule has 0 unspecified atom stereocenters. The SMILES string of the molecule is CCC(F)(F)c1nc(CC(C)C)n(Cc2ccc(Cc3ccccc3-c3nnn[nH]3)cc2)n1. The van der Waals surface area contributed by atoms with Crippen molar-refractivity contribution in [3.05, 3.63) is 76.9 Å². The molecule has 2 aromatic heterocycles.